The van der Waals surface area contributed by atoms with Gasteiger partial charge in [0.25, 0.3) is 0 Å². The van der Waals surface area contributed by atoms with Gasteiger partial charge in [0.1, 0.15) is 4.64 Å². The smallest absolute Gasteiger partial charge is 0.137 e. The summed E-state index contributed by atoms with van der Waals surface area (Å²) in [6.45, 7) is 0. The van der Waals surface area contributed by atoms with Crippen molar-refractivity contribution in [1.29, 1.82) is 0 Å². The van der Waals surface area contributed by atoms with Crippen LogP contribution in [0.3, 0.4) is 0 Å². The van der Waals surface area contributed by atoms with E-state index in [-0.39, 0.29) is 0 Å². The largest absolute Gasteiger partial charge is 0.345 e. The van der Waals surface area contributed by atoms with E-state index >= 15 is 0 Å². The molecule has 12 heavy (non-hydrogen) atoms. The molecule has 0 saturated carbocycles. The number of halogens is 1. The van der Waals surface area contributed by atoms with Crippen LogP contribution in [-0.4, -0.2) is 9.97 Å². The molecular formula is C8H5ClN2S. The molecule has 0 aliphatic heterocycles. The molecule has 0 atom stereocenters. The Morgan fingerprint density at radius 3 is 3.00 bits per heavy atom. The zero-order chi connectivity index (χ0) is 8.55. The van der Waals surface area contributed by atoms with E-state index in [0.717, 1.165) is 10.9 Å². The fraction of sp³-hybridized carbons (Fsp3) is 0. The lowest BCUT2D eigenvalue weighted by atomic mass is 10.2. The molecule has 2 nitrogen and oxygen atoms in total. The van der Waals surface area contributed by atoms with Crippen LogP contribution in [-0.2, 0) is 0 Å². The monoisotopic (exact) mass is 196 g/mol. The minimum absolute atomic E-state index is 0.575. The minimum atomic E-state index is 0.575. The Morgan fingerprint density at radius 2 is 2.25 bits per heavy atom. The summed E-state index contributed by atoms with van der Waals surface area (Å²) in [5.74, 6) is 0. The van der Waals surface area contributed by atoms with Gasteiger partial charge in [0.2, 0.25) is 0 Å². The number of aromatic nitrogens is 2. The van der Waals surface area contributed by atoms with E-state index in [1.165, 1.54) is 0 Å². The minimum Gasteiger partial charge on any atom is -0.345 e. The van der Waals surface area contributed by atoms with Crippen LogP contribution in [0.4, 0.5) is 0 Å². The Morgan fingerprint density at radius 1 is 1.42 bits per heavy atom. The first-order chi connectivity index (χ1) is 5.79. The summed E-state index contributed by atoms with van der Waals surface area (Å²) in [6, 6.07) is 5.57. The van der Waals surface area contributed by atoms with Gasteiger partial charge in [-0.25, -0.2) is 4.98 Å². The van der Waals surface area contributed by atoms with E-state index in [9.17, 15) is 0 Å². The van der Waals surface area contributed by atoms with Gasteiger partial charge in [-0.05, 0) is 12.1 Å². The lowest BCUT2D eigenvalue weighted by Crippen LogP contribution is -1.83. The molecule has 0 radical (unpaired) electrons. The van der Waals surface area contributed by atoms with Crippen LogP contribution in [0, 0.1) is 4.64 Å². The van der Waals surface area contributed by atoms with Crippen LogP contribution in [0.2, 0.25) is 5.02 Å². The summed E-state index contributed by atoms with van der Waals surface area (Å²) in [4.78, 5) is 6.90. The number of hydrogen-bond acceptors (Lipinski definition) is 2. The standard InChI is InChI=1S/C8H5ClN2S/c9-6-3-1-2-5-7(6)10-4-11-8(5)12/h1-4H,(H,10,11,12). The van der Waals surface area contributed by atoms with Gasteiger partial charge in [-0.15, -0.1) is 0 Å². The molecule has 0 bridgehead atoms. The molecule has 1 aromatic carbocycles. The van der Waals surface area contributed by atoms with Crippen molar-refractivity contribution in [2.75, 3.05) is 0 Å². The van der Waals surface area contributed by atoms with Crippen molar-refractivity contribution in [3.8, 4) is 0 Å². The fourth-order valence-corrected chi connectivity index (χ4v) is 1.53. The van der Waals surface area contributed by atoms with E-state index in [0.29, 0.717) is 9.66 Å². The zero-order valence-electron chi connectivity index (χ0n) is 6.04. The lowest BCUT2D eigenvalue weighted by molar-refractivity contribution is 1.21. The number of para-hydroxylation sites is 1. The third-order valence-corrected chi connectivity index (χ3v) is 2.28. The molecule has 0 aliphatic carbocycles. The van der Waals surface area contributed by atoms with Crippen molar-refractivity contribution in [3.63, 3.8) is 0 Å². The Hall–Kier alpha value is -0.930. The van der Waals surface area contributed by atoms with Gasteiger partial charge in [0.05, 0.1) is 16.9 Å². The van der Waals surface area contributed by atoms with Gasteiger partial charge >= 0.3 is 0 Å². The predicted molar refractivity (Wildman–Crippen MR) is 51.9 cm³/mol. The van der Waals surface area contributed by atoms with Crippen LogP contribution in [0.1, 0.15) is 0 Å². The van der Waals surface area contributed by atoms with E-state index in [2.05, 4.69) is 9.97 Å². The van der Waals surface area contributed by atoms with E-state index in [1.807, 2.05) is 18.2 Å². The first kappa shape index (κ1) is 7.71. The second kappa shape index (κ2) is 2.84. The second-order valence-electron chi connectivity index (χ2n) is 2.37. The quantitative estimate of drug-likeness (QED) is 0.657. The maximum absolute atomic E-state index is 5.92. The molecule has 2 rings (SSSR count). The predicted octanol–water partition coefficient (Wildman–Crippen LogP) is 2.95. The summed E-state index contributed by atoms with van der Waals surface area (Å²) in [6.07, 6.45) is 1.55. The van der Waals surface area contributed by atoms with E-state index in [4.69, 9.17) is 23.8 Å². The van der Waals surface area contributed by atoms with Crippen LogP contribution >= 0.6 is 23.8 Å². The Balaban J connectivity index is 3.05. The van der Waals surface area contributed by atoms with Gasteiger partial charge < -0.3 is 4.98 Å². The number of aromatic amines is 1. The van der Waals surface area contributed by atoms with Crippen molar-refractivity contribution in [3.05, 3.63) is 34.2 Å². The second-order valence-corrected chi connectivity index (χ2v) is 3.16. The van der Waals surface area contributed by atoms with Gasteiger partial charge in [0, 0.05) is 5.39 Å². The molecule has 1 aromatic heterocycles. The topological polar surface area (TPSA) is 28.7 Å². The summed E-state index contributed by atoms with van der Waals surface area (Å²) in [7, 11) is 0. The Kier molecular flexibility index (Phi) is 1.83. The summed E-state index contributed by atoms with van der Waals surface area (Å²) >= 11 is 10.9. The number of fused-ring (bicyclic) bond motifs is 1. The maximum Gasteiger partial charge on any atom is 0.137 e. The lowest BCUT2D eigenvalue weighted by Gasteiger charge is -1.97. The van der Waals surface area contributed by atoms with Gasteiger partial charge in [-0.3, -0.25) is 0 Å². The number of H-pyrrole nitrogens is 1. The number of nitrogens with one attached hydrogen (secondary N) is 1. The molecule has 4 heteroatoms. The molecule has 60 valence electrons. The summed E-state index contributed by atoms with van der Waals surface area (Å²) < 4.78 is 0.575. The highest BCUT2D eigenvalue weighted by atomic mass is 35.5. The molecule has 2 aromatic rings. The SMILES string of the molecule is S=c1nc[nH]c2c(Cl)cccc12. The highest BCUT2D eigenvalue weighted by molar-refractivity contribution is 7.71. The van der Waals surface area contributed by atoms with Gasteiger partial charge in [0.15, 0.2) is 0 Å². The number of hydrogen-bond donors (Lipinski definition) is 1. The molecule has 0 spiro atoms. The molecule has 0 fully saturated rings. The molecular weight excluding hydrogens is 192 g/mol. The molecule has 0 aliphatic rings. The Labute approximate surface area is 79.2 Å². The maximum atomic E-state index is 5.92. The highest BCUT2D eigenvalue weighted by Gasteiger charge is 1.98. The van der Waals surface area contributed by atoms with E-state index < -0.39 is 0 Å². The normalized spacial score (nSPS) is 10.4. The van der Waals surface area contributed by atoms with Crippen LogP contribution in [0.5, 0.6) is 0 Å². The van der Waals surface area contributed by atoms with Crippen LogP contribution < -0.4 is 0 Å². The van der Waals surface area contributed by atoms with Gasteiger partial charge in [-0.1, -0.05) is 29.9 Å². The first-order valence-electron chi connectivity index (χ1n) is 3.41. The van der Waals surface area contributed by atoms with Crippen LogP contribution in [0.15, 0.2) is 24.5 Å². The van der Waals surface area contributed by atoms with Gasteiger partial charge in [-0.2, -0.15) is 0 Å². The molecule has 1 heterocycles. The summed E-state index contributed by atoms with van der Waals surface area (Å²) in [5, 5.41) is 1.56. The van der Waals surface area contributed by atoms with Crippen molar-refractivity contribution in [1.82, 2.24) is 9.97 Å². The molecule has 0 unspecified atom stereocenters. The average molecular weight is 197 g/mol. The number of benzene rings is 1. The van der Waals surface area contributed by atoms with Crippen molar-refractivity contribution < 1.29 is 0 Å². The van der Waals surface area contributed by atoms with Crippen molar-refractivity contribution in [2.45, 2.75) is 0 Å². The molecule has 0 amide bonds. The number of rotatable bonds is 0. The van der Waals surface area contributed by atoms with E-state index in [1.54, 1.807) is 6.33 Å². The third kappa shape index (κ3) is 1.11. The Bertz CT molecular complexity index is 478. The number of nitrogens with zero attached hydrogens (tertiary/aromatic N) is 1. The third-order valence-electron chi connectivity index (χ3n) is 1.63. The van der Waals surface area contributed by atoms with Crippen molar-refractivity contribution >= 4 is 34.7 Å². The highest BCUT2D eigenvalue weighted by Crippen LogP contribution is 2.20. The first-order valence-corrected chi connectivity index (χ1v) is 4.19. The van der Waals surface area contributed by atoms with Crippen LogP contribution in [0.25, 0.3) is 10.9 Å². The molecule has 1 N–H and O–H groups in total. The molecule has 0 saturated heterocycles. The fourth-order valence-electron chi connectivity index (χ4n) is 1.07. The average Bonchev–Trinajstić information content (AvgIpc) is 2.07. The van der Waals surface area contributed by atoms with Crippen molar-refractivity contribution in [2.24, 2.45) is 0 Å². The zero-order valence-corrected chi connectivity index (χ0v) is 7.62. The summed E-state index contributed by atoms with van der Waals surface area (Å²) in [5.41, 5.74) is 0.846.